The Labute approximate surface area is 211 Å². The van der Waals surface area contributed by atoms with Crippen LogP contribution in [0.5, 0.6) is 0 Å². The molecule has 0 bridgehead atoms. The number of benzene rings is 3. The minimum absolute atomic E-state index is 0.275. The Morgan fingerprint density at radius 1 is 1.09 bits per heavy atom. The Kier molecular flexibility index (Phi) is 6.00. The lowest BCUT2D eigenvalue weighted by atomic mass is 9.94. The topological polar surface area (TPSA) is 95.6 Å². The number of allylic oxidation sites excluding steroid dienone is 1. The molecule has 1 unspecified atom stereocenters. The third-order valence-corrected chi connectivity index (χ3v) is 6.20. The largest absolute Gasteiger partial charge is 0.328 e. The van der Waals surface area contributed by atoms with Gasteiger partial charge < -0.3 is 10.6 Å². The summed E-state index contributed by atoms with van der Waals surface area (Å²) < 4.78 is 1.66. The number of carbonyl (C=O) groups is 1. The average molecular weight is 501 g/mol. The monoisotopic (exact) mass is 500 g/mol. The number of amides is 1. The molecule has 9 heteroatoms. The SMILES string of the molecule is CC1=C(C(=O)Nc2ccccc2)C(c2ccc(C#N)cc2)n2nc(-c3ccc(Cl)cc3Cl)nc2N1. The highest BCUT2D eigenvalue weighted by molar-refractivity contribution is 6.36. The van der Waals surface area contributed by atoms with Gasteiger partial charge in [0, 0.05) is 22.0 Å². The van der Waals surface area contributed by atoms with E-state index in [1.165, 1.54) is 0 Å². The molecule has 1 aliphatic rings. The van der Waals surface area contributed by atoms with Crippen molar-refractivity contribution < 1.29 is 4.79 Å². The summed E-state index contributed by atoms with van der Waals surface area (Å²) in [6.07, 6.45) is 0. The Balaban J connectivity index is 1.62. The van der Waals surface area contributed by atoms with Gasteiger partial charge in [-0.05, 0) is 55.0 Å². The van der Waals surface area contributed by atoms with Crippen LogP contribution in [0, 0.1) is 11.3 Å². The smallest absolute Gasteiger partial charge is 0.255 e. The first-order chi connectivity index (χ1) is 16.9. The second kappa shape index (κ2) is 9.26. The van der Waals surface area contributed by atoms with Gasteiger partial charge in [-0.1, -0.05) is 53.5 Å². The normalized spacial score (nSPS) is 14.6. The highest BCUT2D eigenvalue weighted by atomic mass is 35.5. The van der Waals surface area contributed by atoms with Gasteiger partial charge in [-0.3, -0.25) is 4.79 Å². The van der Waals surface area contributed by atoms with E-state index < -0.39 is 6.04 Å². The Morgan fingerprint density at radius 2 is 1.83 bits per heavy atom. The number of halogens is 2. The van der Waals surface area contributed by atoms with E-state index >= 15 is 0 Å². The number of rotatable bonds is 4. The number of fused-ring (bicyclic) bond motifs is 1. The minimum Gasteiger partial charge on any atom is -0.328 e. The van der Waals surface area contributed by atoms with E-state index in [-0.39, 0.29) is 5.91 Å². The Morgan fingerprint density at radius 3 is 2.51 bits per heavy atom. The van der Waals surface area contributed by atoms with Crippen molar-refractivity contribution in [1.29, 1.82) is 5.26 Å². The summed E-state index contributed by atoms with van der Waals surface area (Å²) >= 11 is 12.5. The van der Waals surface area contributed by atoms with E-state index in [1.807, 2.05) is 49.4 Å². The Bertz CT molecular complexity index is 1500. The molecule has 2 heterocycles. The molecule has 1 atom stereocenters. The van der Waals surface area contributed by atoms with Gasteiger partial charge in [0.15, 0.2) is 5.82 Å². The van der Waals surface area contributed by atoms with Crippen LogP contribution in [0.2, 0.25) is 10.0 Å². The van der Waals surface area contributed by atoms with E-state index in [9.17, 15) is 10.1 Å². The summed E-state index contributed by atoms with van der Waals surface area (Å²) in [6, 6.07) is 22.9. The highest BCUT2D eigenvalue weighted by Gasteiger charge is 2.34. The molecule has 1 aliphatic heterocycles. The van der Waals surface area contributed by atoms with Crippen molar-refractivity contribution in [2.45, 2.75) is 13.0 Å². The van der Waals surface area contributed by atoms with Crippen molar-refractivity contribution in [1.82, 2.24) is 14.8 Å². The van der Waals surface area contributed by atoms with Crippen molar-refractivity contribution in [3.05, 3.63) is 105 Å². The molecule has 0 spiro atoms. The number of hydrogen-bond acceptors (Lipinski definition) is 5. The summed E-state index contributed by atoms with van der Waals surface area (Å²) in [4.78, 5) is 18.1. The van der Waals surface area contributed by atoms with Crippen molar-refractivity contribution >= 4 is 40.7 Å². The zero-order chi connectivity index (χ0) is 24.5. The lowest BCUT2D eigenvalue weighted by molar-refractivity contribution is -0.113. The Hall–Kier alpha value is -4.12. The van der Waals surface area contributed by atoms with Crippen LogP contribution in [-0.4, -0.2) is 20.7 Å². The lowest BCUT2D eigenvalue weighted by Crippen LogP contribution is -2.31. The van der Waals surface area contributed by atoms with Crippen LogP contribution < -0.4 is 10.6 Å². The van der Waals surface area contributed by atoms with Gasteiger partial charge in [0.1, 0.15) is 6.04 Å². The predicted octanol–water partition coefficient (Wildman–Crippen LogP) is 6.05. The summed E-state index contributed by atoms with van der Waals surface area (Å²) in [5.41, 5.74) is 3.71. The maximum atomic E-state index is 13.5. The van der Waals surface area contributed by atoms with Crippen molar-refractivity contribution in [2.75, 3.05) is 10.6 Å². The van der Waals surface area contributed by atoms with E-state index in [4.69, 9.17) is 28.3 Å². The van der Waals surface area contributed by atoms with Gasteiger partial charge >= 0.3 is 0 Å². The maximum Gasteiger partial charge on any atom is 0.255 e. The number of nitrogens with one attached hydrogen (secondary N) is 2. The third-order valence-electron chi connectivity index (χ3n) is 5.66. The average Bonchev–Trinajstić information content (AvgIpc) is 3.27. The molecule has 5 rings (SSSR count). The van der Waals surface area contributed by atoms with Crippen LogP contribution in [0.1, 0.15) is 24.1 Å². The molecule has 2 N–H and O–H groups in total. The van der Waals surface area contributed by atoms with Crippen LogP contribution in [-0.2, 0) is 4.79 Å². The molecular weight excluding hydrogens is 483 g/mol. The van der Waals surface area contributed by atoms with Crippen LogP contribution in [0.15, 0.2) is 84.1 Å². The van der Waals surface area contributed by atoms with Gasteiger partial charge in [-0.15, -0.1) is 5.10 Å². The van der Waals surface area contributed by atoms with Crippen LogP contribution in [0.3, 0.4) is 0 Å². The molecule has 0 radical (unpaired) electrons. The number of aromatic nitrogens is 3. The summed E-state index contributed by atoms with van der Waals surface area (Å²) in [7, 11) is 0. The number of nitrogens with zero attached hydrogens (tertiary/aromatic N) is 4. The van der Waals surface area contributed by atoms with Gasteiger partial charge in [0.05, 0.1) is 22.2 Å². The van der Waals surface area contributed by atoms with Crippen LogP contribution in [0.4, 0.5) is 11.6 Å². The summed E-state index contributed by atoms with van der Waals surface area (Å²) in [5.74, 6) is 0.585. The van der Waals surface area contributed by atoms with Crippen LogP contribution in [0.25, 0.3) is 11.4 Å². The molecule has 4 aromatic rings. The van der Waals surface area contributed by atoms with Gasteiger partial charge in [0.25, 0.3) is 5.91 Å². The third kappa shape index (κ3) is 4.37. The molecule has 1 aromatic heterocycles. The van der Waals surface area contributed by atoms with Crippen molar-refractivity contribution in [2.24, 2.45) is 0 Å². The first-order valence-electron chi connectivity index (χ1n) is 10.7. The second-order valence-corrected chi connectivity index (χ2v) is 8.79. The molecule has 7 nitrogen and oxygen atoms in total. The number of nitriles is 1. The predicted molar refractivity (Wildman–Crippen MR) is 136 cm³/mol. The van der Waals surface area contributed by atoms with Crippen molar-refractivity contribution in [3.63, 3.8) is 0 Å². The maximum absolute atomic E-state index is 13.5. The van der Waals surface area contributed by atoms with Gasteiger partial charge in [-0.2, -0.15) is 10.2 Å². The molecule has 1 amide bonds. The van der Waals surface area contributed by atoms with Crippen molar-refractivity contribution in [3.8, 4) is 17.5 Å². The number of hydrogen-bond donors (Lipinski definition) is 2. The molecule has 0 aliphatic carbocycles. The number of anilines is 2. The van der Waals surface area contributed by atoms with Gasteiger partial charge in [-0.25, -0.2) is 4.68 Å². The molecule has 0 saturated heterocycles. The molecule has 35 heavy (non-hydrogen) atoms. The standard InChI is InChI=1S/C26H18Cl2N6O/c1-15-22(25(35)31-19-5-3-2-4-6-19)23(17-9-7-16(14-29)8-10-17)34-26(30-15)32-24(33-34)20-12-11-18(27)13-21(20)28/h2-13,23H,1H3,(H,31,35)(H,30,32,33). The van der Waals surface area contributed by atoms with Gasteiger partial charge in [0.2, 0.25) is 5.95 Å². The minimum atomic E-state index is -0.588. The van der Waals surface area contributed by atoms with E-state index in [0.717, 1.165) is 5.56 Å². The zero-order valence-electron chi connectivity index (χ0n) is 18.5. The second-order valence-electron chi connectivity index (χ2n) is 7.95. The quantitative estimate of drug-likeness (QED) is 0.355. The van der Waals surface area contributed by atoms with E-state index in [2.05, 4.69) is 21.7 Å². The fourth-order valence-corrected chi connectivity index (χ4v) is 4.49. The number of para-hydroxylation sites is 1. The first kappa shape index (κ1) is 22.7. The molecule has 3 aromatic carbocycles. The zero-order valence-corrected chi connectivity index (χ0v) is 20.0. The molecule has 172 valence electrons. The molecular formula is C26H18Cl2N6O. The highest BCUT2D eigenvalue weighted by Crippen LogP contribution is 2.38. The molecule has 0 fully saturated rings. The molecule has 0 saturated carbocycles. The lowest BCUT2D eigenvalue weighted by Gasteiger charge is -2.28. The summed E-state index contributed by atoms with van der Waals surface area (Å²) in [5, 5.41) is 21.1. The first-order valence-corrected chi connectivity index (χ1v) is 11.5. The van der Waals surface area contributed by atoms with Crippen LogP contribution >= 0.6 is 23.2 Å². The number of carbonyl (C=O) groups excluding carboxylic acids is 1. The fraction of sp³-hybridized carbons (Fsp3) is 0.0769. The summed E-state index contributed by atoms with van der Waals surface area (Å²) in [6.45, 7) is 1.82. The van der Waals surface area contributed by atoms with E-state index in [0.29, 0.717) is 49.9 Å². The van der Waals surface area contributed by atoms with E-state index in [1.54, 1.807) is 35.0 Å². The fourth-order valence-electron chi connectivity index (χ4n) is 4.00.